The minimum absolute atomic E-state index is 0. The molecule has 51 heavy (non-hydrogen) atoms. The number of nitrogens with zero attached hydrogens (tertiary/aromatic N) is 2. The van der Waals surface area contributed by atoms with Gasteiger partial charge in [-0.3, -0.25) is 0 Å². The molecule has 4 heterocycles. The summed E-state index contributed by atoms with van der Waals surface area (Å²) in [7, 11) is 3.25. The average Bonchev–Trinajstić information content (AvgIpc) is 3.43. The minimum atomic E-state index is -0.904. The number of hydrogen-bond donors (Lipinski definition) is 2. The minimum Gasteiger partial charge on any atom is -1.00 e. The molecule has 11 nitrogen and oxygen atoms in total. The summed E-state index contributed by atoms with van der Waals surface area (Å²) in [5, 5.41) is 25.5. The third-order valence-electron chi connectivity index (χ3n) is 11.1. The van der Waals surface area contributed by atoms with Gasteiger partial charge in [-0.25, -0.2) is 9.59 Å². The smallest absolute Gasteiger partial charge is 1.00 e. The molecule has 2 fully saturated rings. The van der Waals surface area contributed by atoms with Crippen molar-refractivity contribution < 1.29 is 105 Å². The van der Waals surface area contributed by atoms with Crippen molar-refractivity contribution in [2.75, 3.05) is 40.4 Å². The molecule has 0 radical (unpaired) electrons. The number of piperidine rings is 2. The Kier molecular flexibility index (Phi) is 15.7. The zero-order chi connectivity index (χ0) is 35.3. The van der Waals surface area contributed by atoms with Crippen LogP contribution in [0.15, 0.2) is 23.7 Å². The third-order valence-corrected chi connectivity index (χ3v) is 11.1. The van der Waals surface area contributed by atoms with Crippen molar-refractivity contribution in [1.29, 1.82) is 0 Å². The number of ether oxygens (including phenoxy) is 2. The Morgan fingerprint density at radius 2 is 0.882 bits per heavy atom. The molecule has 0 saturated carbocycles. The summed E-state index contributed by atoms with van der Waals surface area (Å²) >= 11 is 0. The Hall–Kier alpha value is -1.74. The zero-order valence-corrected chi connectivity index (χ0v) is 36.5. The van der Waals surface area contributed by atoms with Crippen LogP contribution in [-0.2, 0) is 28.7 Å². The van der Waals surface area contributed by atoms with E-state index in [4.69, 9.17) is 19.1 Å². The first-order valence-corrected chi connectivity index (χ1v) is 16.7. The predicted molar refractivity (Wildman–Crippen MR) is 186 cm³/mol. The number of aryl methyl sites for hydroxylation is 4. The van der Waals surface area contributed by atoms with Gasteiger partial charge in [-0.15, -0.1) is 0 Å². The number of aliphatic hydroxyl groups is 2. The van der Waals surface area contributed by atoms with E-state index < -0.39 is 23.1 Å². The van der Waals surface area contributed by atoms with E-state index in [0.717, 1.165) is 44.5 Å². The van der Waals surface area contributed by atoms with Crippen LogP contribution in [-0.4, -0.2) is 89.4 Å². The van der Waals surface area contributed by atoms with E-state index in [1.54, 1.807) is 14.2 Å². The first-order chi connectivity index (χ1) is 22.6. The topological polar surface area (TPSA) is 148 Å². The van der Waals surface area contributed by atoms with E-state index in [9.17, 15) is 19.8 Å². The third kappa shape index (κ3) is 8.19. The summed E-state index contributed by atoms with van der Waals surface area (Å²) in [5.41, 5.74) is 9.15. The Labute approximate surface area is 347 Å². The molecule has 270 valence electrons. The first-order valence-electron chi connectivity index (χ1n) is 16.7. The van der Waals surface area contributed by atoms with Crippen molar-refractivity contribution in [1.82, 2.24) is 10.1 Å². The van der Waals surface area contributed by atoms with Crippen molar-refractivity contribution in [2.24, 2.45) is 0 Å². The second kappa shape index (κ2) is 17.6. The van der Waals surface area contributed by atoms with Gasteiger partial charge in [0.05, 0.1) is 14.2 Å². The number of esters is 2. The molecule has 0 aliphatic carbocycles. The Morgan fingerprint density at radius 3 is 1.16 bits per heavy atom. The van der Waals surface area contributed by atoms with Gasteiger partial charge in [0.15, 0.2) is 22.7 Å². The summed E-state index contributed by atoms with van der Waals surface area (Å²) < 4.78 is 11.4. The van der Waals surface area contributed by atoms with Gasteiger partial charge in [-0.1, -0.05) is 12.1 Å². The molecule has 2 saturated heterocycles. The standard InChI is InChI=1S/2C19H25NO4.2Na.H2O.H/c2*1-11-10-12(2)15(14(4)13(11)3)16-17(21)19(24-18(16)22)6-8-20(23-5)9-7-19;;;;/h2*10,21H,6-9H2,1-5H3;;;1H2;/q;;2*+1;;-1/p-1. The molecule has 4 aliphatic rings. The van der Waals surface area contributed by atoms with E-state index in [1.807, 2.05) is 51.7 Å². The molecule has 0 atom stereocenters. The van der Waals surface area contributed by atoms with Gasteiger partial charge in [0.2, 0.25) is 0 Å². The van der Waals surface area contributed by atoms with E-state index in [2.05, 4.69) is 26.0 Å². The molecule has 4 aliphatic heterocycles. The molecule has 2 spiro atoms. The van der Waals surface area contributed by atoms with Gasteiger partial charge in [-0.05, 0) is 111 Å². The van der Waals surface area contributed by atoms with Gasteiger partial charge >= 0.3 is 71.1 Å². The van der Waals surface area contributed by atoms with Crippen molar-refractivity contribution in [3.05, 3.63) is 79.3 Å². The molecular formula is C38H52N2Na2O9. The van der Waals surface area contributed by atoms with Crippen LogP contribution in [0.1, 0.15) is 82.7 Å². The van der Waals surface area contributed by atoms with Crippen LogP contribution in [0.2, 0.25) is 0 Å². The van der Waals surface area contributed by atoms with E-state index in [-0.39, 0.29) is 77.5 Å². The predicted octanol–water partition coefficient (Wildman–Crippen LogP) is 0.228. The number of carbonyl (C=O) groups is 2. The molecular weight excluding hydrogens is 674 g/mol. The monoisotopic (exact) mass is 726 g/mol. The van der Waals surface area contributed by atoms with Gasteiger partial charge in [-0.2, -0.15) is 10.1 Å². The second-order valence-corrected chi connectivity index (χ2v) is 13.7. The summed E-state index contributed by atoms with van der Waals surface area (Å²) in [6.07, 6.45) is 2.13. The van der Waals surface area contributed by atoms with E-state index in [0.29, 0.717) is 63.0 Å². The number of rotatable bonds is 4. The first kappa shape index (κ1) is 45.4. The summed E-state index contributed by atoms with van der Waals surface area (Å²) in [6, 6.07) is 4.12. The molecule has 0 bridgehead atoms. The van der Waals surface area contributed by atoms with Crippen molar-refractivity contribution >= 4 is 23.1 Å². The second-order valence-electron chi connectivity index (χ2n) is 13.7. The van der Waals surface area contributed by atoms with E-state index >= 15 is 0 Å². The zero-order valence-electron chi connectivity index (χ0n) is 33.5. The summed E-state index contributed by atoms with van der Waals surface area (Å²) in [4.78, 5) is 35.7. The van der Waals surface area contributed by atoms with Crippen LogP contribution < -0.4 is 59.1 Å². The maximum atomic E-state index is 12.6. The molecule has 13 heteroatoms. The Bertz CT molecular complexity index is 1600. The summed E-state index contributed by atoms with van der Waals surface area (Å²) in [6.45, 7) is 18.6. The van der Waals surface area contributed by atoms with Crippen LogP contribution in [0.5, 0.6) is 0 Å². The van der Waals surface area contributed by atoms with Crippen LogP contribution in [0, 0.1) is 55.4 Å². The molecule has 0 aromatic heterocycles. The molecule has 6 rings (SSSR count). The van der Waals surface area contributed by atoms with Crippen molar-refractivity contribution in [3.63, 3.8) is 0 Å². The number of aliphatic hydroxyl groups excluding tert-OH is 2. The fourth-order valence-corrected chi connectivity index (χ4v) is 7.72. The van der Waals surface area contributed by atoms with Gasteiger partial charge < -0.3 is 36.3 Å². The molecule has 0 unspecified atom stereocenters. The Morgan fingerprint density at radius 1 is 0.588 bits per heavy atom. The van der Waals surface area contributed by atoms with Gasteiger partial charge in [0.1, 0.15) is 11.1 Å². The van der Waals surface area contributed by atoms with Crippen molar-refractivity contribution in [2.45, 2.75) is 92.3 Å². The van der Waals surface area contributed by atoms with Gasteiger partial charge in [0, 0.05) is 51.9 Å². The molecule has 2 aromatic carbocycles. The van der Waals surface area contributed by atoms with Crippen LogP contribution >= 0.6 is 0 Å². The van der Waals surface area contributed by atoms with Crippen LogP contribution in [0.4, 0.5) is 0 Å². The molecule has 3 N–H and O–H groups in total. The number of carbonyl (C=O) groups excluding carboxylic acids is 2. The largest absolute Gasteiger partial charge is 1.00 e. The maximum Gasteiger partial charge on any atom is 1.00 e. The quantitative estimate of drug-likeness (QED) is 0.330. The fourth-order valence-electron chi connectivity index (χ4n) is 7.72. The van der Waals surface area contributed by atoms with E-state index in [1.165, 1.54) is 11.1 Å². The van der Waals surface area contributed by atoms with Gasteiger partial charge in [0.25, 0.3) is 0 Å². The van der Waals surface area contributed by atoms with Crippen molar-refractivity contribution in [3.8, 4) is 0 Å². The number of hydroxylamine groups is 4. The molecule has 2 aromatic rings. The maximum absolute atomic E-state index is 12.6. The SMILES string of the molecule is CON1CCC2(CC1)OC(=O)C(c1c(C)cc(C)c(C)c1C)=C2O.CON1CCC2(CC1)OC(=O)C(c1c(C)cc(C)c(C)c1C)=C2O.[H-].[Na+].[Na+].[OH-]. The Balaban J connectivity index is 0.000000483. The normalized spacial score (nSPS) is 19.6. The fraction of sp³-hybridized carbons (Fsp3) is 0.526. The molecule has 0 amide bonds. The van der Waals surface area contributed by atoms with Crippen LogP contribution in [0.3, 0.4) is 0 Å². The summed E-state index contributed by atoms with van der Waals surface area (Å²) in [5.74, 6) is -0.684. The number of hydrogen-bond acceptors (Lipinski definition) is 11. The van der Waals surface area contributed by atoms with Crippen LogP contribution in [0.25, 0.3) is 11.1 Å². The average molecular weight is 727 g/mol. The number of benzene rings is 2.